The second-order valence-corrected chi connectivity index (χ2v) is 6.80. The van der Waals surface area contributed by atoms with E-state index in [0.29, 0.717) is 12.2 Å². The summed E-state index contributed by atoms with van der Waals surface area (Å²) in [7, 11) is 1.62. The Bertz CT molecular complexity index is 833. The van der Waals surface area contributed by atoms with Crippen LogP contribution in [0.3, 0.4) is 0 Å². The van der Waals surface area contributed by atoms with E-state index in [9.17, 15) is 19.3 Å². The molecular weight excluding hydrogens is 349 g/mol. The van der Waals surface area contributed by atoms with Crippen LogP contribution < -0.4 is 4.90 Å². The number of rotatable bonds is 5. The van der Waals surface area contributed by atoms with E-state index in [4.69, 9.17) is 0 Å². The number of nitro benzene ring substituents is 1. The number of amides is 1. The van der Waals surface area contributed by atoms with Crippen molar-refractivity contribution in [3.63, 3.8) is 0 Å². The Morgan fingerprint density at radius 2 is 1.81 bits per heavy atom. The number of hydrogen-bond acceptors (Lipinski definition) is 4. The maximum Gasteiger partial charge on any atom is 0.293 e. The number of carbonyl (C=O) groups is 1. The standard InChI is InChI=1S/C20H22FN3O3/c1-22(14-15-5-8-17(21)9-6-15)20(25)16-7-10-18(19(13-16)24(26)27)23-11-3-2-4-12-23/h5-10,13H,2-4,11-12,14H2,1H3. The van der Waals surface area contributed by atoms with Crippen molar-refractivity contribution in [3.8, 4) is 0 Å². The first kappa shape index (κ1) is 18.8. The molecule has 1 fully saturated rings. The predicted molar refractivity (Wildman–Crippen MR) is 101 cm³/mol. The first-order valence-corrected chi connectivity index (χ1v) is 8.99. The van der Waals surface area contributed by atoms with E-state index in [1.54, 1.807) is 31.3 Å². The lowest BCUT2D eigenvalue weighted by molar-refractivity contribution is -0.384. The van der Waals surface area contributed by atoms with E-state index in [2.05, 4.69) is 0 Å². The van der Waals surface area contributed by atoms with Gasteiger partial charge in [0.05, 0.1) is 4.92 Å². The van der Waals surface area contributed by atoms with Crippen LogP contribution in [0.2, 0.25) is 0 Å². The third-order valence-electron chi connectivity index (χ3n) is 4.80. The van der Waals surface area contributed by atoms with Crippen molar-refractivity contribution in [1.82, 2.24) is 4.90 Å². The molecule has 0 N–H and O–H groups in total. The molecule has 6 nitrogen and oxygen atoms in total. The van der Waals surface area contributed by atoms with Crippen LogP contribution in [0.1, 0.15) is 35.2 Å². The minimum atomic E-state index is -0.430. The summed E-state index contributed by atoms with van der Waals surface area (Å²) in [6, 6.07) is 10.6. The fourth-order valence-corrected chi connectivity index (χ4v) is 3.36. The number of hydrogen-bond donors (Lipinski definition) is 0. The largest absolute Gasteiger partial charge is 0.366 e. The molecule has 3 rings (SSSR count). The van der Waals surface area contributed by atoms with E-state index >= 15 is 0 Å². The van der Waals surface area contributed by atoms with Crippen LogP contribution in [-0.4, -0.2) is 35.9 Å². The zero-order valence-corrected chi connectivity index (χ0v) is 15.2. The fourth-order valence-electron chi connectivity index (χ4n) is 3.36. The molecule has 0 atom stereocenters. The summed E-state index contributed by atoms with van der Waals surface area (Å²) in [4.78, 5) is 27.3. The summed E-state index contributed by atoms with van der Waals surface area (Å²) in [6.07, 6.45) is 3.16. The van der Waals surface area contributed by atoms with Gasteiger partial charge in [-0.15, -0.1) is 0 Å². The first-order chi connectivity index (χ1) is 13.0. The lowest BCUT2D eigenvalue weighted by Gasteiger charge is -2.28. The van der Waals surface area contributed by atoms with E-state index in [1.807, 2.05) is 4.90 Å². The maximum absolute atomic E-state index is 13.0. The Kier molecular flexibility index (Phi) is 5.69. The smallest absolute Gasteiger partial charge is 0.293 e. The predicted octanol–water partition coefficient (Wildman–Crippen LogP) is 4.00. The zero-order valence-electron chi connectivity index (χ0n) is 15.2. The Hall–Kier alpha value is -2.96. The SMILES string of the molecule is CN(Cc1ccc(F)cc1)C(=O)c1ccc(N2CCCCC2)c([N+](=O)[O-])c1. The molecule has 27 heavy (non-hydrogen) atoms. The van der Waals surface area contributed by atoms with Gasteiger partial charge < -0.3 is 9.80 Å². The summed E-state index contributed by atoms with van der Waals surface area (Å²) >= 11 is 0. The van der Waals surface area contributed by atoms with Crippen LogP contribution in [0.25, 0.3) is 0 Å². The van der Waals surface area contributed by atoms with Gasteiger partial charge in [0.25, 0.3) is 11.6 Å². The van der Waals surface area contributed by atoms with E-state index in [1.165, 1.54) is 23.1 Å². The monoisotopic (exact) mass is 371 g/mol. The van der Waals surface area contributed by atoms with E-state index in [0.717, 1.165) is 37.9 Å². The lowest BCUT2D eigenvalue weighted by Crippen LogP contribution is -2.30. The third-order valence-corrected chi connectivity index (χ3v) is 4.80. The van der Waals surface area contributed by atoms with Crippen LogP contribution in [0, 0.1) is 15.9 Å². The van der Waals surface area contributed by atoms with Crippen LogP contribution >= 0.6 is 0 Å². The highest BCUT2D eigenvalue weighted by atomic mass is 19.1. The molecule has 1 aliphatic heterocycles. The minimum Gasteiger partial charge on any atom is -0.366 e. The molecular formula is C20H22FN3O3. The molecule has 2 aromatic rings. The summed E-state index contributed by atoms with van der Waals surface area (Å²) in [5.74, 6) is -0.649. The molecule has 0 bridgehead atoms. The van der Waals surface area contributed by atoms with Crippen molar-refractivity contribution < 1.29 is 14.1 Å². The molecule has 1 amide bonds. The van der Waals surface area contributed by atoms with Crippen molar-refractivity contribution in [1.29, 1.82) is 0 Å². The van der Waals surface area contributed by atoms with Crippen molar-refractivity contribution in [3.05, 3.63) is 69.5 Å². The summed E-state index contributed by atoms with van der Waals surface area (Å²) in [6.45, 7) is 1.87. The molecule has 2 aromatic carbocycles. The fraction of sp³-hybridized carbons (Fsp3) is 0.350. The maximum atomic E-state index is 13.0. The van der Waals surface area contributed by atoms with Crippen LogP contribution in [0.4, 0.5) is 15.8 Å². The molecule has 1 saturated heterocycles. The van der Waals surface area contributed by atoms with E-state index in [-0.39, 0.29) is 23.0 Å². The number of anilines is 1. The molecule has 0 aliphatic carbocycles. The zero-order chi connectivity index (χ0) is 19.4. The molecule has 1 aliphatic rings. The van der Waals surface area contributed by atoms with Gasteiger partial charge in [-0.25, -0.2) is 4.39 Å². The van der Waals surface area contributed by atoms with Gasteiger partial charge in [0, 0.05) is 38.3 Å². The van der Waals surface area contributed by atoms with Crippen LogP contribution in [0.5, 0.6) is 0 Å². The van der Waals surface area contributed by atoms with Crippen molar-refractivity contribution in [2.24, 2.45) is 0 Å². The van der Waals surface area contributed by atoms with E-state index < -0.39 is 4.92 Å². The van der Waals surface area contributed by atoms with Gasteiger partial charge in [-0.1, -0.05) is 12.1 Å². The Morgan fingerprint density at radius 3 is 2.44 bits per heavy atom. The van der Waals surface area contributed by atoms with Crippen molar-refractivity contribution in [2.75, 3.05) is 25.0 Å². The normalized spacial score (nSPS) is 14.1. The summed E-state index contributed by atoms with van der Waals surface area (Å²) in [5, 5.41) is 11.6. The molecule has 0 radical (unpaired) electrons. The number of carbonyl (C=O) groups excluding carboxylic acids is 1. The topological polar surface area (TPSA) is 66.7 Å². The highest BCUT2D eigenvalue weighted by Gasteiger charge is 2.24. The Balaban J connectivity index is 1.80. The molecule has 0 aromatic heterocycles. The molecule has 0 saturated carbocycles. The van der Waals surface area contributed by atoms with Gasteiger partial charge in [-0.3, -0.25) is 14.9 Å². The van der Waals surface area contributed by atoms with Gasteiger partial charge in [0.2, 0.25) is 0 Å². The number of nitro groups is 1. The Morgan fingerprint density at radius 1 is 1.15 bits per heavy atom. The number of piperidine rings is 1. The molecule has 142 valence electrons. The molecule has 0 unspecified atom stereocenters. The average molecular weight is 371 g/mol. The van der Waals surface area contributed by atoms with Gasteiger partial charge in [-0.2, -0.15) is 0 Å². The quantitative estimate of drug-likeness (QED) is 0.589. The molecule has 0 spiro atoms. The number of halogens is 1. The number of nitrogens with zero attached hydrogens (tertiary/aromatic N) is 3. The lowest BCUT2D eigenvalue weighted by atomic mass is 10.1. The van der Waals surface area contributed by atoms with Crippen molar-refractivity contribution >= 4 is 17.3 Å². The second-order valence-electron chi connectivity index (χ2n) is 6.80. The Labute approximate surface area is 157 Å². The van der Waals surface area contributed by atoms with Gasteiger partial charge >= 0.3 is 0 Å². The molecule has 7 heteroatoms. The summed E-state index contributed by atoms with van der Waals surface area (Å²) in [5.41, 5.74) is 1.58. The average Bonchev–Trinajstić information content (AvgIpc) is 2.69. The van der Waals surface area contributed by atoms with Gasteiger partial charge in [-0.05, 0) is 49.1 Å². The second kappa shape index (κ2) is 8.16. The summed E-state index contributed by atoms with van der Waals surface area (Å²) < 4.78 is 13.0. The van der Waals surface area contributed by atoms with Gasteiger partial charge in [0.15, 0.2) is 0 Å². The van der Waals surface area contributed by atoms with Gasteiger partial charge in [0.1, 0.15) is 11.5 Å². The highest BCUT2D eigenvalue weighted by Crippen LogP contribution is 2.31. The third kappa shape index (κ3) is 4.42. The van der Waals surface area contributed by atoms with Crippen LogP contribution in [-0.2, 0) is 6.54 Å². The minimum absolute atomic E-state index is 0.0436. The van der Waals surface area contributed by atoms with Crippen LogP contribution in [0.15, 0.2) is 42.5 Å². The number of benzene rings is 2. The molecule has 1 heterocycles. The highest BCUT2D eigenvalue weighted by molar-refractivity contribution is 5.95. The first-order valence-electron chi connectivity index (χ1n) is 8.99. The van der Waals surface area contributed by atoms with Crippen molar-refractivity contribution in [2.45, 2.75) is 25.8 Å².